The Hall–Kier alpha value is -2.75. The van der Waals surface area contributed by atoms with Gasteiger partial charge in [0.25, 0.3) is 0 Å². The Balaban J connectivity index is 2.01. The van der Waals surface area contributed by atoms with Crippen molar-refractivity contribution in [1.82, 2.24) is 0 Å². The topological polar surface area (TPSA) is 48.7 Å². The lowest BCUT2D eigenvalue weighted by Crippen LogP contribution is -2.17. The molecule has 0 radical (unpaired) electrons. The lowest BCUT2D eigenvalue weighted by molar-refractivity contribution is 0.250. The summed E-state index contributed by atoms with van der Waals surface area (Å²) >= 11 is 0. The van der Waals surface area contributed by atoms with Crippen LogP contribution < -0.4 is 5.43 Å². The summed E-state index contributed by atoms with van der Waals surface area (Å²) in [5, 5.41) is 0.587. The fourth-order valence-electron chi connectivity index (χ4n) is 3.72. The molecule has 4 nitrogen and oxygen atoms in total. The predicted octanol–water partition coefficient (Wildman–Crippen LogP) is 4.30. The van der Waals surface area contributed by atoms with Gasteiger partial charge in [0, 0.05) is 23.5 Å². The van der Waals surface area contributed by atoms with Gasteiger partial charge in [-0.1, -0.05) is 30.4 Å². The Bertz CT molecular complexity index is 975. The molecule has 0 aliphatic heterocycles. The summed E-state index contributed by atoms with van der Waals surface area (Å²) in [5.74, 6) is 1.45. The summed E-state index contributed by atoms with van der Waals surface area (Å²) < 4.78 is 16.9. The SMILES string of the molecule is COC1=C(OC)c2c(ccc3occ(C4C=CC=CC4)c(=O)c23)CC1. The van der Waals surface area contributed by atoms with Crippen LogP contribution in [0.3, 0.4) is 0 Å². The Morgan fingerprint density at radius 1 is 1.12 bits per heavy atom. The van der Waals surface area contributed by atoms with Crippen LogP contribution in [0.4, 0.5) is 0 Å². The second-order valence-corrected chi connectivity index (χ2v) is 6.31. The Kier molecular flexibility index (Phi) is 3.96. The molecule has 4 rings (SSSR count). The lowest BCUT2D eigenvalue weighted by atomic mass is 9.88. The van der Waals surface area contributed by atoms with Crippen LogP contribution in [0.5, 0.6) is 0 Å². The van der Waals surface area contributed by atoms with E-state index in [9.17, 15) is 4.79 Å². The third-order valence-electron chi connectivity index (χ3n) is 4.99. The average Bonchev–Trinajstić information content (AvgIpc) is 2.67. The lowest BCUT2D eigenvalue weighted by Gasteiger charge is -2.23. The minimum atomic E-state index is 0.00922. The highest BCUT2D eigenvalue weighted by Crippen LogP contribution is 2.36. The molecule has 1 atom stereocenters. The second kappa shape index (κ2) is 6.28. The van der Waals surface area contributed by atoms with Crippen LogP contribution in [-0.4, -0.2) is 14.2 Å². The molecule has 25 heavy (non-hydrogen) atoms. The first kappa shape index (κ1) is 15.8. The molecule has 2 aliphatic carbocycles. The molecule has 0 spiro atoms. The molecule has 1 aromatic heterocycles. The number of methoxy groups -OCH3 is 2. The Morgan fingerprint density at radius 2 is 2.00 bits per heavy atom. The first-order chi connectivity index (χ1) is 12.2. The normalized spacial score (nSPS) is 19.2. The van der Waals surface area contributed by atoms with Gasteiger partial charge in [-0.2, -0.15) is 0 Å². The van der Waals surface area contributed by atoms with E-state index < -0.39 is 0 Å². The third-order valence-corrected chi connectivity index (χ3v) is 4.99. The molecule has 2 aromatic rings. The summed E-state index contributed by atoms with van der Waals surface area (Å²) in [6.07, 6.45) is 12.1. The maximum absolute atomic E-state index is 13.3. The first-order valence-electron chi connectivity index (χ1n) is 8.46. The number of allylic oxidation sites excluding steroid dienone is 5. The molecule has 0 amide bonds. The van der Waals surface area contributed by atoms with Crippen LogP contribution in [0.15, 0.2) is 57.7 Å². The van der Waals surface area contributed by atoms with Crippen molar-refractivity contribution in [2.75, 3.05) is 14.2 Å². The zero-order valence-electron chi connectivity index (χ0n) is 14.4. The van der Waals surface area contributed by atoms with Crippen molar-refractivity contribution >= 4 is 16.7 Å². The second-order valence-electron chi connectivity index (χ2n) is 6.31. The molecule has 128 valence electrons. The van der Waals surface area contributed by atoms with Gasteiger partial charge in [-0.15, -0.1) is 0 Å². The van der Waals surface area contributed by atoms with Crippen LogP contribution in [0.1, 0.15) is 35.4 Å². The van der Waals surface area contributed by atoms with Gasteiger partial charge in [0.1, 0.15) is 11.3 Å². The average molecular weight is 336 g/mol. The van der Waals surface area contributed by atoms with Gasteiger partial charge in [-0.05, 0) is 24.5 Å². The van der Waals surface area contributed by atoms with E-state index in [2.05, 4.69) is 6.08 Å². The molecule has 0 saturated heterocycles. The molecule has 1 heterocycles. The van der Waals surface area contributed by atoms with E-state index in [1.54, 1.807) is 20.5 Å². The van der Waals surface area contributed by atoms with Crippen molar-refractivity contribution in [2.24, 2.45) is 0 Å². The van der Waals surface area contributed by atoms with Gasteiger partial charge in [-0.25, -0.2) is 0 Å². The third kappa shape index (κ3) is 2.49. The van der Waals surface area contributed by atoms with E-state index in [0.717, 1.165) is 36.1 Å². The van der Waals surface area contributed by atoms with Crippen molar-refractivity contribution in [2.45, 2.75) is 25.2 Å². The van der Waals surface area contributed by atoms with E-state index in [1.165, 1.54) is 0 Å². The molecule has 2 aliphatic rings. The van der Waals surface area contributed by atoms with Crippen LogP contribution in [0.2, 0.25) is 0 Å². The Labute approximate surface area is 146 Å². The molecule has 0 saturated carbocycles. The molecule has 1 aromatic carbocycles. The van der Waals surface area contributed by atoms with Crippen LogP contribution in [0.25, 0.3) is 16.7 Å². The van der Waals surface area contributed by atoms with Crippen molar-refractivity contribution in [3.63, 3.8) is 0 Å². The summed E-state index contributed by atoms with van der Waals surface area (Å²) in [5.41, 5.74) is 3.17. The van der Waals surface area contributed by atoms with Gasteiger partial charge < -0.3 is 13.9 Å². The predicted molar refractivity (Wildman–Crippen MR) is 97.4 cm³/mol. The number of rotatable bonds is 3. The minimum Gasteiger partial charge on any atom is -0.497 e. The number of fused-ring (bicyclic) bond motifs is 3. The van der Waals surface area contributed by atoms with Crippen molar-refractivity contribution in [1.29, 1.82) is 0 Å². The molecule has 0 bridgehead atoms. The zero-order valence-corrected chi connectivity index (χ0v) is 14.4. The smallest absolute Gasteiger partial charge is 0.197 e. The highest BCUT2D eigenvalue weighted by molar-refractivity contribution is 5.92. The summed E-state index contributed by atoms with van der Waals surface area (Å²) in [7, 11) is 3.25. The standard InChI is InChI=1S/C21H20O4/c1-23-17-11-9-14-8-10-16-19(18(14)21(17)24-2)20(22)15(12-25-16)13-6-4-3-5-7-13/h3-6,8,10,12-13H,7,9,11H2,1-2H3. The molecule has 0 N–H and O–H groups in total. The summed E-state index contributed by atoms with van der Waals surface area (Å²) in [4.78, 5) is 13.3. The van der Waals surface area contributed by atoms with E-state index in [0.29, 0.717) is 22.3 Å². The molecular formula is C21H20O4. The number of hydrogen-bond donors (Lipinski definition) is 0. The number of ether oxygens (including phenoxy) is 2. The number of aryl methyl sites for hydroxylation is 1. The van der Waals surface area contributed by atoms with Gasteiger partial charge in [0.2, 0.25) is 0 Å². The zero-order chi connectivity index (χ0) is 17.4. The highest BCUT2D eigenvalue weighted by Gasteiger charge is 2.26. The van der Waals surface area contributed by atoms with Crippen molar-refractivity contribution < 1.29 is 13.9 Å². The number of benzene rings is 1. The van der Waals surface area contributed by atoms with Crippen molar-refractivity contribution in [3.05, 3.63) is 75.4 Å². The van der Waals surface area contributed by atoms with Gasteiger partial charge >= 0.3 is 0 Å². The monoisotopic (exact) mass is 336 g/mol. The highest BCUT2D eigenvalue weighted by atomic mass is 16.5. The van der Waals surface area contributed by atoms with Crippen molar-refractivity contribution in [3.8, 4) is 0 Å². The minimum absolute atomic E-state index is 0.00922. The van der Waals surface area contributed by atoms with Gasteiger partial charge in [-0.3, -0.25) is 4.79 Å². The maximum atomic E-state index is 13.3. The molecule has 1 unspecified atom stereocenters. The molecule has 4 heteroatoms. The van der Waals surface area contributed by atoms with E-state index >= 15 is 0 Å². The Morgan fingerprint density at radius 3 is 2.72 bits per heavy atom. The van der Waals surface area contributed by atoms with E-state index in [1.807, 2.05) is 30.4 Å². The summed E-state index contributed by atoms with van der Waals surface area (Å²) in [6, 6.07) is 3.88. The van der Waals surface area contributed by atoms with Crippen LogP contribution in [0, 0.1) is 0 Å². The fraction of sp³-hybridized carbons (Fsp3) is 0.286. The largest absolute Gasteiger partial charge is 0.497 e. The van der Waals surface area contributed by atoms with Gasteiger partial charge in [0.15, 0.2) is 11.2 Å². The molecular weight excluding hydrogens is 316 g/mol. The number of hydrogen-bond acceptors (Lipinski definition) is 4. The molecule has 0 fully saturated rings. The maximum Gasteiger partial charge on any atom is 0.197 e. The van der Waals surface area contributed by atoms with Crippen LogP contribution in [-0.2, 0) is 15.9 Å². The van der Waals surface area contributed by atoms with E-state index in [4.69, 9.17) is 13.9 Å². The van der Waals surface area contributed by atoms with Crippen LogP contribution >= 0.6 is 0 Å². The first-order valence-corrected chi connectivity index (χ1v) is 8.46. The van der Waals surface area contributed by atoms with Gasteiger partial charge in [0.05, 0.1) is 25.9 Å². The van der Waals surface area contributed by atoms with E-state index in [-0.39, 0.29) is 11.3 Å². The fourth-order valence-corrected chi connectivity index (χ4v) is 3.72. The summed E-state index contributed by atoms with van der Waals surface area (Å²) in [6.45, 7) is 0. The quantitative estimate of drug-likeness (QED) is 0.838.